The summed E-state index contributed by atoms with van der Waals surface area (Å²) in [4.78, 5) is -0.0197. The number of rotatable bonds is 0. The van der Waals surface area contributed by atoms with E-state index in [-0.39, 0.29) is 21.1 Å². The molecule has 0 aliphatic heterocycles. The molecule has 2 aliphatic carbocycles. The molecule has 12 heavy (non-hydrogen) atoms. The van der Waals surface area contributed by atoms with E-state index in [1.54, 1.807) is 0 Å². The van der Waals surface area contributed by atoms with Gasteiger partial charge in [0.2, 0.25) is 0 Å². The second kappa shape index (κ2) is 2.15. The van der Waals surface area contributed by atoms with Crippen molar-refractivity contribution in [1.29, 1.82) is 0 Å². The summed E-state index contributed by atoms with van der Waals surface area (Å²) in [6.07, 6.45) is 3.32. The van der Waals surface area contributed by atoms with Crippen LogP contribution in [0.4, 0.5) is 0 Å². The van der Waals surface area contributed by atoms with Gasteiger partial charge in [-0.2, -0.15) is 0 Å². The van der Waals surface area contributed by atoms with E-state index in [4.69, 9.17) is 23.2 Å². The Morgan fingerprint density at radius 2 is 1.75 bits per heavy atom. The van der Waals surface area contributed by atoms with Gasteiger partial charge >= 0.3 is 0 Å². The Bertz CT molecular complexity index is 221. The van der Waals surface area contributed by atoms with E-state index in [1.807, 2.05) is 0 Å². The maximum absolute atomic E-state index is 6.59. The summed E-state index contributed by atoms with van der Waals surface area (Å²) in [5.74, 6) is 0. The van der Waals surface area contributed by atoms with E-state index in [0.29, 0.717) is 0 Å². The van der Waals surface area contributed by atoms with Crippen LogP contribution in [-0.4, -0.2) is 10.3 Å². The van der Waals surface area contributed by atoms with Gasteiger partial charge < -0.3 is 0 Å². The molecule has 2 aliphatic rings. The summed E-state index contributed by atoms with van der Waals surface area (Å²) < 4.78 is 0. The zero-order chi connectivity index (χ0) is 9.20. The first-order valence-electron chi connectivity index (χ1n) is 4.66. The van der Waals surface area contributed by atoms with Crippen LogP contribution in [0.25, 0.3) is 0 Å². The third kappa shape index (κ3) is 0.726. The van der Waals surface area contributed by atoms with Crippen LogP contribution >= 0.6 is 23.2 Å². The third-order valence-electron chi connectivity index (χ3n) is 4.78. The number of alkyl halides is 2. The van der Waals surface area contributed by atoms with E-state index in [9.17, 15) is 0 Å². The number of hydrogen-bond donors (Lipinski definition) is 0. The first-order chi connectivity index (χ1) is 5.33. The number of hydrogen-bond acceptors (Lipinski definition) is 0. The molecule has 0 heterocycles. The number of halogens is 2. The van der Waals surface area contributed by atoms with Crippen LogP contribution in [0.15, 0.2) is 0 Å². The van der Waals surface area contributed by atoms with E-state index in [0.717, 1.165) is 12.8 Å². The average Bonchev–Trinajstić information content (AvgIpc) is 2.18. The molecule has 2 bridgehead atoms. The highest BCUT2D eigenvalue weighted by atomic mass is 35.5. The molecule has 70 valence electrons. The van der Waals surface area contributed by atoms with Crippen molar-refractivity contribution in [2.24, 2.45) is 10.8 Å². The van der Waals surface area contributed by atoms with Crippen molar-refractivity contribution in [3.8, 4) is 0 Å². The van der Waals surface area contributed by atoms with Crippen LogP contribution in [0.1, 0.15) is 40.0 Å². The molecular formula is C10H16Cl2. The predicted octanol–water partition coefficient (Wildman–Crippen LogP) is 3.80. The van der Waals surface area contributed by atoms with Gasteiger partial charge in [0.15, 0.2) is 0 Å². The largest absolute Gasteiger partial charge is 0.122 e. The third-order valence-corrected chi connectivity index (χ3v) is 6.23. The second-order valence-corrected chi connectivity index (χ2v) is 6.43. The van der Waals surface area contributed by atoms with Crippen LogP contribution in [-0.2, 0) is 0 Å². The van der Waals surface area contributed by atoms with Crippen molar-refractivity contribution in [3.05, 3.63) is 0 Å². The zero-order valence-corrected chi connectivity index (χ0v) is 9.47. The molecule has 2 heteroatoms. The Kier molecular flexibility index (Phi) is 1.64. The van der Waals surface area contributed by atoms with Gasteiger partial charge in [-0.15, -0.1) is 23.2 Å². The van der Waals surface area contributed by atoms with Crippen molar-refractivity contribution in [2.45, 2.75) is 50.3 Å². The molecule has 0 aromatic carbocycles. The lowest BCUT2D eigenvalue weighted by molar-refractivity contribution is 0.163. The van der Waals surface area contributed by atoms with Gasteiger partial charge in [-0.1, -0.05) is 20.8 Å². The van der Waals surface area contributed by atoms with E-state index in [2.05, 4.69) is 20.8 Å². The highest BCUT2D eigenvalue weighted by molar-refractivity contribution is 6.28. The maximum Gasteiger partial charge on any atom is 0.0517 e. The van der Waals surface area contributed by atoms with Crippen molar-refractivity contribution in [2.75, 3.05) is 0 Å². The summed E-state index contributed by atoms with van der Waals surface area (Å²) in [6.45, 7) is 6.84. The maximum atomic E-state index is 6.59. The van der Waals surface area contributed by atoms with E-state index >= 15 is 0 Å². The summed E-state index contributed by atoms with van der Waals surface area (Å²) in [5.41, 5.74) is 0.463. The van der Waals surface area contributed by atoms with Gasteiger partial charge in [0, 0.05) is 5.38 Å². The van der Waals surface area contributed by atoms with Gasteiger partial charge in [-0.05, 0) is 30.1 Å². The molecular weight excluding hydrogens is 191 g/mol. The second-order valence-electron chi connectivity index (χ2n) is 5.18. The van der Waals surface area contributed by atoms with Gasteiger partial charge in [0.1, 0.15) is 0 Å². The lowest BCUT2D eigenvalue weighted by Gasteiger charge is -2.38. The van der Waals surface area contributed by atoms with Crippen molar-refractivity contribution in [1.82, 2.24) is 0 Å². The quantitative estimate of drug-likeness (QED) is 0.530. The fourth-order valence-corrected chi connectivity index (χ4v) is 4.20. The molecule has 0 nitrogen and oxygen atoms in total. The molecule has 0 aromatic heterocycles. The summed E-state index contributed by atoms with van der Waals surface area (Å²) >= 11 is 12.9. The van der Waals surface area contributed by atoms with Crippen molar-refractivity contribution >= 4 is 23.2 Å². The Hall–Kier alpha value is 0.580. The SMILES string of the molecule is CC1(C)[C@]2(Cl)CC[C@@]1(C)[C@@H](Cl)C2. The molecule has 2 saturated carbocycles. The Labute approximate surface area is 84.6 Å². The molecule has 2 fully saturated rings. The van der Waals surface area contributed by atoms with Crippen LogP contribution in [0.5, 0.6) is 0 Å². The molecule has 0 radical (unpaired) electrons. The highest BCUT2D eigenvalue weighted by Crippen LogP contribution is 2.71. The minimum absolute atomic E-state index is 0.0197. The Morgan fingerprint density at radius 1 is 1.17 bits per heavy atom. The highest BCUT2D eigenvalue weighted by Gasteiger charge is 2.68. The van der Waals surface area contributed by atoms with Crippen molar-refractivity contribution < 1.29 is 0 Å². The van der Waals surface area contributed by atoms with E-state index < -0.39 is 0 Å². The first-order valence-corrected chi connectivity index (χ1v) is 5.48. The smallest absolute Gasteiger partial charge is 0.0517 e. The molecule has 3 atom stereocenters. The minimum atomic E-state index is -0.0197. The van der Waals surface area contributed by atoms with Gasteiger partial charge in [-0.3, -0.25) is 0 Å². The monoisotopic (exact) mass is 206 g/mol. The molecule has 0 spiro atoms. The van der Waals surface area contributed by atoms with Crippen LogP contribution in [0.2, 0.25) is 0 Å². The first kappa shape index (κ1) is 9.15. The molecule has 0 N–H and O–H groups in total. The lowest BCUT2D eigenvalue weighted by atomic mass is 9.70. The van der Waals surface area contributed by atoms with Crippen LogP contribution in [0.3, 0.4) is 0 Å². The fraction of sp³-hybridized carbons (Fsp3) is 1.00. The molecule has 0 unspecified atom stereocenters. The zero-order valence-electron chi connectivity index (χ0n) is 7.95. The van der Waals surface area contributed by atoms with Crippen LogP contribution in [0, 0.1) is 10.8 Å². The van der Waals surface area contributed by atoms with Crippen LogP contribution < -0.4 is 0 Å². The number of fused-ring (bicyclic) bond motifs is 2. The lowest BCUT2D eigenvalue weighted by Crippen LogP contribution is -2.36. The van der Waals surface area contributed by atoms with Gasteiger partial charge in [0.25, 0.3) is 0 Å². The average molecular weight is 207 g/mol. The minimum Gasteiger partial charge on any atom is -0.122 e. The molecule has 0 amide bonds. The topological polar surface area (TPSA) is 0 Å². The summed E-state index contributed by atoms with van der Waals surface area (Å²) in [7, 11) is 0. The van der Waals surface area contributed by atoms with Gasteiger partial charge in [-0.25, -0.2) is 0 Å². The predicted molar refractivity (Wildman–Crippen MR) is 54.0 cm³/mol. The van der Waals surface area contributed by atoms with Gasteiger partial charge in [0.05, 0.1) is 4.87 Å². The Balaban J connectivity index is 2.49. The normalized spacial score (nSPS) is 56.2. The summed E-state index contributed by atoms with van der Waals surface area (Å²) in [6, 6.07) is 0. The molecule has 0 aromatic rings. The standard InChI is InChI=1S/C10H16Cl2/c1-8(2)9(3)4-5-10(8,12)6-7(9)11/h7H,4-6H2,1-3H3/t7-,9-,10-/m0/s1. The molecule has 0 saturated heterocycles. The van der Waals surface area contributed by atoms with Crippen molar-refractivity contribution in [3.63, 3.8) is 0 Å². The molecule has 2 rings (SSSR count). The van der Waals surface area contributed by atoms with E-state index in [1.165, 1.54) is 6.42 Å². The Morgan fingerprint density at radius 3 is 1.92 bits per heavy atom. The fourth-order valence-electron chi connectivity index (χ4n) is 3.01. The summed E-state index contributed by atoms with van der Waals surface area (Å²) in [5, 5.41) is 0.277.